The highest BCUT2D eigenvalue weighted by atomic mass is 32.2. The van der Waals surface area contributed by atoms with Gasteiger partial charge in [-0.2, -0.15) is 5.26 Å². The lowest BCUT2D eigenvalue weighted by molar-refractivity contribution is -0.131. The summed E-state index contributed by atoms with van der Waals surface area (Å²) in [4.78, 5) is 26.5. The maximum Gasteiger partial charge on any atom is 0.237 e. The van der Waals surface area contributed by atoms with Crippen LogP contribution in [0, 0.1) is 17.2 Å². The van der Waals surface area contributed by atoms with Crippen LogP contribution < -0.4 is 10.6 Å². The largest absolute Gasteiger partial charge is 0.392 e. The van der Waals surface area contributed by atoms with Crippen molar-refractivity contribution < 1.29 is 14.7 Å². The second kappa shape index (κ2) is 10.9. The summed E-state index contributed by atoms with van der Waals surface area (Å²) >= 11 is 1.54. The minimum absolute atomic E-state index is 0.00864. The third kappa shape index (κ3) is 5.63. The molecule has 3 N–H and O–H groups in total. The van der Waals surface area contributed by atoms with E-state index in [-0.39, 0.29) is 29.0 Å². The topological polar surface area (TPSA) is 105 Å². The van der Waals surface area contributed by atoms with Crippen molar-refractivity contribution in [2.24, 2.45) is 5.92 Å². The molecule has 1 aliphatic rings. The zero-order chi connectivity index (χ0) is 20.5. The highest BCUT2D eigenvalue weighted by Gasteiger charge is 2.40. The highest BCUT2D eigenvalue weighted by Crippen LogP contribution is 2.36. The van der Waals surface area contributed by atoms with Crippen LogP contribution in [0.15, 0.2) is 24.3 Å². The number of nitrogens with zero attached hydrogens (tertiary/aromatic N) is 2. The lowest BCUT2D eigenvalue weighted by Crippen LogP contribution is -2.38. The van der Waals surface area contributed by atoms with E-state index in [2.05, 4.69) is 16.7 Å². The molecule has 152 valence electrons. The molecule has 1 fully saturated rings. The number of carbonyl (C=O) groups is 2. The molecule has 0 bridgehead atoms. The van der Waals surface area contributed by atoms with Crippen molar-refractivity contribution in [3.05, 3.63) is 29.8 Å². The van der Waals surface area contributed by atoms with E-state index in [0.717, 1.165) is 11.3 Å². The molecule has 1 saturated heterocycles. The molecule has 0 spiro atoms. The van der Waals surface area contributed by atoms with Gasteiger partial charge in [0.15, 0.2) is 0 Å². The molecule has 7 nitrogen and oxygen atoms in total. The van der Waals surface area contributed by atoms with Crippen molar-refractivity contribution >= 4 is 29.3 Å². The summed E-state index contributed by atoms with van der Waals surface area (Å²) in [6.07, 6.45) is 0.993. The molecular formula is C20H28N4O3S. The second-order valence-electron chi connectivity index (χ2n) is 6.59. The maximum absolute atomic E-state index is 12.7. The molecule has 1 aromatic carbocycles. The van der Waals surface area contributed by atoms with E-state index in [4.69, 9.17) is 0 Å². The Kier molecular flexibility index (Phi) is 8.61. The number of rotatable bonds is 10. The van der Waals surface area contributed by atoms with Crippen molar-refractivity contribution in [3.8, 4) is 6.07 Å². The number of benzene rings is 1. The normalized spacial score (nSPS) is 19.9. The monoisotopic (exact) mass is 404 g/mol. The number of aliphatic hydroxyl groups excluding tert-OH is 1. The molecule has 0 radical (unpaired) electrons. The van der Waals surface area contributed by atoms with Crippen molar-refractivity contribution in [2.45, 2.75) is 43.9 Å². The minimum atomic E-state index is -0.752. The Morgan fingerprint density at radius 1 is 1.43 bits per heavy atom. The van der Waals surface area contributed by atoms with Gasteiger partial charge in [0.25, 0.3) is 0 Å². The van der Waals surface area contributed by atoms with Crippen LogP contribution in [0.25, 0.3) is 0 Å². The van der Waals surface area contributed by atoms with E-state index in [9.17, 15) is 20.0 Å². The van der Waals surface area contributed by atoms with Gasteiger partial charge in [0.05, 0.1) is 23.3 Å². The smallest absolute Gasteiger partial charge is 0.237 e. The van der Waals surface area contributed by atoms with E-state index in [1.807, 2.05) is 38.1 Å². The predicted octanol–water partition coefficient (Wildman–Crippen LogP) is 1.94. The summed E-state index contributed by atoms with van der Waals surface area (Å²) in [6.45, 7) is 5.40. The van der Waals surface area contributed by atoms with Gasteiger partial charge in [-0.1, -0.05) is 12.1 Å². The Labute approximate surface area is 170 Å². The fourth-order valence-corrected chi connectivity index (χ4v) is 4.82. The Morgan fingerprint density at radius 2 is 2.21 bits per heavy atom. The fourth-order valence-electron chi connectivity index (χ4n) is 3.23. The number of thioether (sulfide) groups is 1. The number of nitrogens with one attached hydrogen (secondary N) is 2. The quantitative estimate of drug-likeness (QED) is 0.550. The van der Waals surface area contributed by atoms with E-state index in [0.29, 0.717) is 32.5 Å². The first kappa shape index (κ1) is 22.1. The Bertz CT molecular complexity index is 722. The van der Waals surface area contributed by atoms with Crippen molar-refractivity contribution in [1.82, 2.24) is 10.2 Å². The first-order valence-electron chi connectivity index (χ1n) is 9.60. The van der Waals surface area contributed by atoms with Gasteiger partial charge in [-0.05, 0) is 38.0 Å². The van der Waals surface area contributed by atoms with Gasteiger partial charge in [0.2, 0.25) is 11.8 Å². The number of aliphatic hydroxyl groups is 1. The predicted molar refractivity (Wildman–Crippen MR) is 110 cm³/mol. The zero-order valence-electron chi connectivity index (χ0n) is 16.4. The van der Waals surface area contributed by atoms with Gasteiger partial charge in [0, 0.05) is 31.7 Å². The lowest BCUT2D eigenvalue weighted by atomic mass is 10.1. The first-order valence-corrected chi connectivity index (χ1v) is 10.5. The fraction of sp³-hybridized carbons (Fsp3) is 0.550. The van der Waals surface area contributed by atoms with Crippen LogP contribution in [0.3, 0.4) is 0 Å². The van der Waals surface area contributed by atoms with Crippen LogP contribution >= 0.6 is 11.8 Å². The number of amides is 2. The Balaban J connectivity index is 1.92. The van der Waals surface area contributed by atoms with Crippen LogP contribution in [-0.4, -0.2) is 52.1 Å². The van der Waals surface area contributed by atoms with Crippen LogP contribution in [0.1, 0.15) is 32.3 Å². The molecule has 1 aliphatic heterocycles. The average molecular weight is 405 g/mol. The number of nitriles is 1. The molecule has 28 heavy (non-hydrogen) atoms. The standard InChI is InChI=1S/C20H28N4O3S/c1-3-22-19(26)15(12-21)11-18-24(4-2)20(27)17(28-18)8-9-23-16-7-5-6-14(10-16)13-25/h5-7,10,15,17-18,23,25H,3-4,8-9,11,13H2,1-2H3,(H,22,26). The second-order valence-corrected chi connectivity index (χ2v) is 7.97. The Morgan fingerprint density at radius 3 is 2.86 bits per heavy atom. The first-order chi connectivity index (χ1) is 13.5. The molecule has 1 heterocycles. The molecule has 2 rings (SSSR count). The molecule has 3 atom stereocenters. The average Bonchev–Trinajstić information content (AvgIpc) is 3.00. The van der Waals surface area contributed by atoms with Gasteiger partial charge in [-0.3, -0.25) is 9.59 Å². The van der Waals surface area contributed by atoms with Gasteiger partial charge < -0.3 is 20.6 Å². The van der Waals surface area contributed by atoms with Crippen molar-refractivity contribution in [1.29, 1.82) is 5.26 Å². The van der Waals surface area contributed by atoms with Gasteiger partial charge in [-0.25, -0.2) is 0 Å². The van der Waals surface area contributed by atoms with Crippen molar-refractivity contribution in [2.75, 3.05) is 25.0 Å². The summed E-state index contributed by atoms with van der Waals surface area (Å²) in [5.41, 5.74) is 1.74. The molecule has 8 heteroatoms. The Hall–Kier alpha value is -2.24. The lowest BCUT2D eigenvalue weighted by Gasteiger charge is -2.23. The molecule has 0 saturated carbocycles. The third-order valence-electron chi connectivity index (χ3n) is 4.67. The molecule has 0 aromatic heterocycles. The van der Waals surface area contributed by atoms with Gasteiger partial charge in [-0.15, -0.1) is 11.8 Å². The molecule has 1 aromatic rings. The van der Waals surface area contributed by atoms with Crippen LogP contribution in [0.5, 0.6) is 0 Å². The SMILES string of the molecule is CCNC(=O)C(C#N)CC1SC(CCNc2cccc(CO)c2)C(=O)N1CC. The van der Waals surface area contributed by atoms with E-state index in [1.54, 1.807) is 4.90 Å². The van der Waals surface area contributed by atoms with Gasteiger partial charge in [0.1, 0.15) is 5.92 Å². The summed E-state index contributed by atoms with van der Waals surface area (Å²) in [7, 11) is 0. The number of hydrogen-bond acceptors (Lipinski definition) is 6. The van der Waals surface area contributed by atoms with E-state index in [1.165, 1.54) is 11.8 Å². The number of carbonyl (C=O) groups excluding carboxylic acids is 2. The van der Waals surface area contributed by atoms with Crippen LogP contribution in [0.2, 0.25) is 0 Å². The summed E-state index contributed by atoms with van der Waals surface area (Å²) in [5, 5.41) is 24.2. The maximum atomic E-state index is 12.7. The highest BCUT2D eigenvalue weighted by molar-refractivity contribution is 8.01. The zero-order valence-corrected chi connectivity index (χ0v) is 17.2. The third-order valence-corrected chi connectivity index (χ3v) is 6.20. The van der Waals surface area contributed by atoms with Crippen LogP contribution in [0.4, 0.5) is 5.69 Å². The number of anilines is 1. The minimum Gasteiger partial charge on any atom is -0.392 e. The molecule has 3 unspecified atom stereocenters. The summed E-state index contributed by atoms with van der Waals surface area (Å²) in [5.74, 6) is -0.962. The molecule has 0 aliphatic carbocycles. The molecular weight excluding hydrogens is 376 g/mol. The summed E-state index contributed by atoms with van der Waals surface area (Å²) < 4.78 is 0. The number of hydrogen-bond donors (Lipinski definition) is 3. The summed E-state index contributed by atoms with van der Waals surface area (Å²) in [6, 6.07) is 9.60. The van der Waals surface area contributed by atoms with E-state index < -0.39 is 5.92 Å². The van der Waals surface area contributed by atoms with E-state index >= 15 is 0 Å². The van der Waals surface area contributed by atoms with Crippen LogP contribution in [-0.2, 0) is 16.2 Å². The van der Waals surface area contributed by atoms with Crippen molar-refractivity contribution in [3.63, 3.8) is 0 Å². The van der Waals surface area contributed by atoms with Gasteiger partial charge >= 0.3 is 0 Å². The molecule has 2 amide bonds.